The molecule has 0 nitrogen and oxygen atoms in total. The maximum atomic E-state index is 2.70. The van der Waals surface area contributed by atoms with E-state index < -0.39 is 18.4 Å². The Morgan fingerprint density at radius 2 is 1.15 bits per heavy atom. The zero-order valence-corrected chi connectivity index (χ0v) is 17.9. The molecule has 1 aliphatic rings. The van der Waals surface area contributed by atoms with E-state index in [2.05, 4.69) is 44.5 Å². The molecule has 1 rings (SSSR count). The number of hydrogen-bond donors (Lipinski definition) is 0. The third-order valence-corrected chi connectivity index (χ3v) is 17.2. The Balaban J connectivity index is 3.45. The Labute approximate surface area is 132 Å². The summed E-state index contributed by atoms with van der Waals surface area (Å²) in [6.07, 6.45) is 9.32. The van der Waals surface area contributed by atoms with Crippen molar-refractivity contribution in [2.45, 2.75) is 89.3 Å². The van der Waals surface area contributed by atoms with Gasteiger partial charge in [0, 0.05) is 0 Å². The van der Waals surface area contributed by atoms with Crippen LogP contribution in [0.1, 0.15) is 73.1 Å². The van der Waals surface area contributed by atoms with Gasteiger partial charge in [0.1, 0.15) is 0 Å². The van der Waals surface area contributed by atoms with E-state index in [1.165, 1.54) is 44.8 Å². The molecule has 0 aromatic carbocycles. The Bertz CT molecular complexity index is 356. The molecule has 0 aliphatic carbocycles. The molecule has 1 aliphatic heterocycles. The van der Waals surface area contributed by atoms with Crippen molar-refractivity contribution < 1.29 is 0 Å². The van der Waals surface area contributed by atoms with Crippen LogP contribution in [0, 0.1) is 0 Å². The maximum absolute atomic E-state index is 2.70. The van der Waals surface area contributed by atoms with Crippen molar-refractivity contribution in [2.24, 2.45) is 0 Å². The molecule has 20 heavy (non-hydrogen) atoms. The van der Waals surface area contributed by atoms with Gasteiger partial charge in [0.05, 0.1) is 0 Å². The van der Waals surface area contributed by atoms with E-state index in [0.29, 0.717) is 0 Å². The van der Waals surface area contributed by atoms with E-state index in [1.807, 2.05) is 18.1 Å². The van der Waals surface area contributed by atoms with Crippen LogP contribution in [-0.4, -0.2) is 25.1 Å². The molecule has 114 valence electrons. The van der Waals surface area contributed by atoms with E-state index in [4.69, 9.17) is 0 Å². The van der Waals surface area contributed by atoms with Crippen LogP contribution in [0.5, 0.6) is 0 Å². The SMILES string of the molecule is CCC[C]1=C(CC)B(CC)C(CC)=[C](CCC)[Sn]1([CH3])[CH3]. The van der Waals surface area contributed by atoms with Gasteiger partial charge in [-0.15, -0.1) is 0 Å². The predicted molar refractivity (Wildman–Crippen MR) is 98.2 cm³/mol. The molecular formula is C18H35BSn. The Hall–Kier alpha value is 0.344. The van der Waals surface area contributed by atoms with Gasteiger partial charge in [0.2, 0.25) is 0 Å². The Morgan fingerprint density at radius 1 is 0.750 bits per heavy atom. The average molecular weight is 381 g/mol. The van der Waals surface area contributed by atoms with Crippen LogP contribution in [-0.2, 0) is 0 Å². The van der Waals surface area contributed by atoms with E-state index in [1.54, 1.807) is 0 Å². The summed E-state index contributed by atoms with van der Waals surface area (Å²) in [6.45, 7) is 12.7. The van der Waals surface area contributed by atoms with Crippen LogP contribution in [0.3, 0.4) is 0 Å². The quantitative estimate of drug-likeness (QED) is 0.448. The molecule has 0 amide bonds. The Kier molecular flexibility index (Phi) is 7.45. The molecule has 0 N–H and O–H groups in total. The van der Waals surface area contributed by atoms with Crippen molar-refractivity contribution in [1.29, 1.82) is 0 Å². The third-order valence-electron chi connectivity index (χ3n) is 5.30. The number of rotatable bonds is 7. The summed E-state index contributed by atoms with van der Waals surface area (Å²) in [5.41, 5.74) is 3.73. The number of allylic oxidation sites excluding steroid dienone is 4. The van der Waals surface area contributed by atoms with Crippen LogP contribution in [0.25, 0.3) is 0 Å². The molecule has 1 heterocycles. The van der Waals surface area contributed by atoms with Crippen LogP contribution in [0.2, 0.25) is 16.2 Å². The van der Waals surface area contributed by atoms with Crippen molar-refractivity contribution in [2.75, 3.05) is 0 Å². The summed E-state index contributed by atoms with van der Waals surface area (Å²) in [6, 6.07) is 0. The van der Waals surface area contributed by atoms with Gasteiger partial charge in [-0.1, -0.05) is 0 Å². The van der Waals surface area contributed by atoms with Crippen LogP contribution >= 0.6 is 0 Å². The fourth-order valence-corrected chi connectivity index (χ4v) is 17.1. The van der Waals surface area contributed by atoms with Crippen LogP contribution < -0.4 is 0 Å². The molecule has 0 fully saturated rings. The second kappa shape index (κ2) is 8.10. The van der Waals surface area contributed by atoms with Gasteiger partial charge in [-0.25, -0.2) is 0 Å². The molecule has 0 aromatic heterocycles. The topological polar surface area (TPSA) is 0 Å². The van der Waals surface area contributed by atoms with Crippen molar-refractivity contribution in [3.63, 3.8) is 0 Å². The van der Waals surface area contributed by atoms with Crippen molar-refractivity contribution in [3.05, 3.63) is 18.1 Å². The second-order valence-electron chi connectivity index (χ2n) is 6.80. The van der Waals surface area contributed by atoms with Gasteiger partial charge in [0.25, 0.3) is 0 Å². The van der Waals surface area contributed by atoms with Crippen LogP contribution in [0.15, 0.2) is 18.1 Å². The summed E-state index contributed by atoms with van der Waals surface area (Å²) in [4.78, 5) is 5.39. The fraction of sp³-hybridized carbons (Fsp3) is 0.778. The average Bonchev–Trinajstić information content (AvgIpc) is 2.43. The molecule has 2 heteroatoms. The molecule has 0 bridgehead atoms. The van der Waals surface area contributed by atoms with Gasteiger partial charge in [-0.05, 0) is 0 Å². The minimum atomic E-state index is -2.21. The van der Waals surface area contributed by atoms with Gasteiger partial charge in [-0.2, -0.15) is 0 Å². The monoisotopic (exact) mass is 382 g/mol. The van der Waals surface area contributed by atoms with E-state index >= 15 is 0 Å². The molecular weight excluding hydrogens is 346 g/mol. The standard InChI is InChI=1S/C16H29B.2CH3.Sn/c1-6-11-13-15(8-3)17(10-5)16(9-4)14-12-7-2;;;/h6-12H2,1-5H3;2*1H3;. The van der Waals surface area contributed by atoms with Crippen molar-refractivity contribution in [3.8, 4) is 0 Å². The molecule has 0 spiro atoms. The zero-order chi connectivity index (χ0) is 15.3. The summed E-state index contributed by atoms with van der Waals surface area (Å²) < 4.78 is 3.97. The second-order valence-corrected chi connectivity index (χ2v) is 19.5. The van der Waals surface area contributed by atoms with E-state index in [-0.39, 0.29) is 0 Å². The first-order chi connectivity index (χ1) is 9.49. The van der Waals surface area contributed by atoms with Gasteiger partial charge in [-0.3, -0.25) is 0 Å². The summed E-state index contributed by atoms with van der Waals surface area (Å²) in [5, 5.41) is 0. The van der Waals surface area contributed by atoms with E-state index in [9.17, 15) is 0 Å². The number of hydrogen-bond acceptors (Lipinski definition) is 0. The fourth-order valence-electron chi connectivity index (χ4n) is 4.47. The summed E-state index contributed by atoms with van der Waals surface area (Å²) in [7, 11) is 0. The van der Waals surface area contributed by atoms with Crippen LogP contribution in [0.4, 0.5) is 0 Å². The molecule has 0 radical (unpaired) electrons. The molecule has 0 atom stereocenters. The first-order valence-corrected chi connectivity index (χ1v) is 17.5. The summed E-state index contributed by atoms with van der Waals surface area (Å²) in [5.74, 6) is 0. The van der Waals surface area contributed by atoms with E-state index in [0.717, 1.165) is 6.71 Å². The zero-order valence-electron chi connectivity index (χ0n) is 15.0. The Morgan fingerprint density at radius 3 is 1.40 bits per heavy atom. The molecule has 0 saturated heterocycles. The summed E-state index contributed by atoms with van der Waals surface area (Å²) >= 11 is -2.21. The molecule has 0 unspecified atom stereocenters. The van der Waals surface area contributed by atoms with Gasteiger partial charge >= 0.3 is 133 Å². The van der Waals surface area contributed by atoms with Gasteiger partial charge < -0.3 is 0 Å². The first-order valence-electron chi connectivity index (χ1n) is 8.94. The third kappa shape index (κ3) is 3.39. The predicted octanol–water partition coefficient (Wildman–Crippen LogP) is 6.39. The first kappa shape index (κ1) is 18.4. The van der Waals surface area contributed by atoms with Crippen molar-refractivity contribution in [1.82, 2.24) is 0 Å². The minimum absolute atomic E-state index is 0.790. The molecule has 0 saturated carbocycles. The molecule has 0 aromatic rings. The van der Waals surface area contributed by atoms with Gasteiger partial charge in [0.15, 0.2) is 0 Å². The van der Waals surface area contributed by atoms with Crippen molar-refractivity contribution >= 4 is 25.1 Å². The normalized spacial score (nSPS) is 19.1.